The number of ether oxygens (including phenoxy) is 11. The van der Waals surface area contributed by atoms with E-state index in [0.717, 1.165) is 106 Å². The summed E-state index contributed by atoms with van der Waals surface area (Å²) in [7, 11) is 0. The Labute approximate surface area is 482 Å². The van der Waals surface area contributed by atoms with Crippen molar-refractivity contribution in [3.63, 3.8) is 0 Å². The maximum Gasteiger partial charge on any atom is 0.306 e. The fraction of sp³-hybridized carbons (Fsp3) is 0.852. The lowest BCUT2D eigenvalue weighted by atomic mass is 9.83. The number of hydrogen-bond donors (Lipinski definition) is 0. The van der Waals surface area contributed by atoms with Crippen molar-refractivity contribution in [1.29, 1.82) is 0 Å². The normalized spacial score (nSPS) is 23.7. The van der Waals surface area contributed by atoms with Gasteiger partial charge in [-0.1, -0.05) is 181 Å². The van der Waals surface area contributed by atoms with Crippen molar-refractivity contribution in [3.8, 4) is 0 Å². The molecule has 0 aromatic carbocycles. The molecule has 12 atom stereocenters. The molecule has 2 rings (SSSR count). The molecule has 466 valence electrons. The average Bonchev–Trinajstić information content (AvgIpc) is 3.51. The molecule has 1 saturated heterocycles. The Morgan fingerprint density at radius 2 is 0.617 bits per heavy atom. The zero-order chi connectivity index (χ0) is 60.1. The van der Waals surface area contributed by atoms with Crippen molar-refractivity contribution in [3.05, 3.63) is 0 Å². The highest BCUT2D eigenvalue weighted by atomic mass is 16.8. The van der Waals surface area contributed by atoms with Gasteiger partial charge >= 0.3 is 53.7 Å². The summed E-state index contributed by atoms with van der Waals surface area (Å²) in [6.07, 6.45) is 10.2. The molecule has 3 unspecified atom stereocenters. The van der Waals surface area contributed by atoms with Crippen LogP contribution in [-0.2, 0) is 95.3 Å². The van der Waals surface area contributed by atoms with Crippen molar-refractivity contribution in [1.82, 2.24) is 0 Å². The molecule has 2 aliphatic rings. The average molecular weight is 1160 g/mol. The second-order valence-corrected chi connectivity index (χ2v) is 22.1. The Morgan fingerprint density at radius 1 is 0.333 bits per heavy atom. The zero-order valence-electron chi connectivity index (χ0n) is 50.8. The van der Waals surface area contributed by atoms with E-state index in [-0.39, 0.29) is 12.8 Å². The third kappa shape index (κ3) is 30.9. The van der Waals surface area contributed by atoms with Crippen LogP contribution in [0.1, 0.15) is 255 Å². The Morgan fingerprint density at radius 3 is 0.963 bits per heavy atom. The number of esters is 9. The van der Waals surface area contributed by atoms with Gasteiger partial charge in [0.2, 0.25) is 0 Å². The fourth-order valence-electron chi connectivity index (χ4n) is 10.6. The maximum absolute atomic E-state index is 13.8. The van der Waals surface area contributed by atoms with E-state index in [0.29, 0.717) is 18.8 Å². The van der Waals surface area contributed by atoms with Gasteiger partial charge in [-0.25, -0.2) is 0 Å². The van der Waals surface area contributed by atoms with E-state index in [1.54, 1.807) is 0 Å². The van der Waals surface area contributed by atoms with Crippen LogP contribution in [0, 0.1) is 5.92 Å². The lowest BCUT2D eigenvalue weighted by molar-refractivity contribution is -0.343. The summed E-state index contributed by atoms with van der Waals surface area (Å²) in [5.74, 6) is -7.47. The first-order valence-electron chi connectivity index (χ1n) is 30.5. The first-order valence-corrected chi connectivity index (χ1v) is 30.5. The van der Waals surface area contributed by atoms with Crippen LogP contribution in [0.2, 0.25) is 0 Å². The number of carbonyl (C=O) groups excluding carboxylic acids is 9. The third-order valence-electron chi connectivity index (χ3n) is 14.5. The monoisotopic (exact) mass is 1150 g/mol. The largest absolute Gasteiger partial charge is 0.463 e. The van der Waals surface area contributed by atoms with Gasteiger partial charge in [-0.3, -0.25) is 43.2 Å². The summed E-state index contributed by atoms with van der Waals surface area (Å²) in [5.41, 5.74) is 0. The van der Waals surface area contributed by atoms with Crippen molar-refractivity contribution in [2.75, 3.05) is 6.61 Å². The molecule has 0 aromatic rings. The summed E-state index contributed by atoms with van der Waals surface area (Å²) in [6, 6.07) is 0. The highest BCUT2D eigenvalue weighted by Gasteiger charge is 2.62. The minimum absolute atomic E-state index is 0.0453. The SMILES string of the molecule is CCCCCCCCCCCCCCCCC(=O)OC[C@H]1O[C@H](OC2[C@@H](OC(C)=O)[C@H](OC(C)=O)C(OC(C)=O)[C@H](OC(C)=O)[C@H]2OC(C)=O)[C@@H](OC(C)=O)[C@@H](OC(C)=O)[C@@H]1OC(=O)CCCCCCCC(C)CCCCCCCC. The van der Waals surface area contributed by atoms with Crippen LogP contribution < -0.4 is 0 Å². The number of rotatable bonds is 42. The van der Waals surface area contributed by atoms with E-state index >= 15 is 0 Å². The van der Waals surface area contributed by atoms with Crippen LogP contribution in [0.4, 0.5) is 0 Å². The molecule has 0 amide bonds. The quantitative estimate of drug-likeness (QED) is 0.0313. The van der Waals surface area contributed by atoms with Crippen molar-refractivity contribution < 1.29 is 95.3 Å². The molecule has 1 aliphatic heterocycles. The Bertz CT molecular complexity index is 1830. The van der Waals surface area contributed by atoms with E-state index in [9.17, 15) is 43.2 Å². The smallest absolute Gasteiger partial charge is 0.306 e. The standard InChI is InChI=1S/C61H102O20/c1-11-13-15-17-19-20-21-22-23-24-25-26-30-34-38-50(69)71-40-49-52(80-51(70)39-35-31-27-29-33-37-41(3)36-32-28-18-16-14-12-2)53(72-42(4)62)60(78-48(10)68)61(79-49)81-59-57(76-46(8)66)55(74-44(6)64)54(73-43(5)63)56(75-45(7)65)58(59)77-47(9)67/h41,49,52-61H,11-40H2,1-10H3/t41?,49-,52-,53+,54?,55-,56+,57+,58-,59?,60+,61-/m1/s1. The molecule has 0 spiro atoms. The summed E-state index contributed by atoms with van der Waals surface area (Å²) in [5, 5.41) is 0. The molecule has 81 heavy (non-hydrogen) atoms. The van der Waals surface area contributed by atoms with Crippen molar-refractivity contribution in [2.24, 2.45) is 5.92 Å². The van der Waals surface area contributed by atoms with Gasteiger partial charge in [-0.05, 0) is 18.8 Å². The second-order valence-electron chi connectivity index (χ2n) is 22.1. The molecule has 0 radical (unpaired) electrons. The van der Waals surface area contributed by atoms with E-state index < -0.39 is 128 Å². The summed E-state index contributed by atoms with van der Waals surface area (Å²) in [6.45, 7) is 13.2. The number of hydrogen-bond acceptors (Lipinski definition) is 20. The van der Waals surface area contributed by atoms with Crippen LogP contribution in [0.5, 0.6) is 0 Å². The lowest BCUT2D eigenvalue weighted by Crippen LogP contribution is -2.70. The summed E-state index contributed by atoms with van der Waals surface area (Å²) in [4.78, 5) is 117. The van der Waals surface area contributed by atoms with Gasteiger partial charge < -0.3 is 52.1 Å². The van der Waals surface area contributed by atoms with Gasteiger partial charge in [-0.2, -0.15) is 0 Å². The van der Waals surface area contributed by atoms with Gasteiger partial charge in [-0.15, -0.1) is 0 Å². The van der Waals surface area contributed by atoms with Crippen LogP contribution in [0.25, 0.3) is 0 Å². The minimum atomic E-state index is -1.97. The lowest BCUT2D eigenvalue weighted by Gasteiger charge is -2.50. The molecule has 1 aliphatic carbocycles. The second kappa shape index (κ2) is 42.0. The maximum atomic E-state index is 13.8. The molecule has 0 aromatic heterocycles. The van der Waals surface area contributed by atoms with Crippen LogP contribution in [0.15, 0.2) is 0 Å². The van der Waals surface area contributed by atoms with E-state index in [2.05, 4.69) is 20.8 Å². The molecule has 20 nitrogen and oxygen atoms in total. The highest BCUT2D eigenvalue weighted by Crippen LogP contribution is 2.38. The molecule has 1 saturated carbocycles. The van der Waals surface area contributed by atoms with Crippen LogP contribution in [-0.4, -0.2) is 128 Å². The first kappa shape index (κ1) is 72.3. The van der Waals surface area contributed by atoms with Gasteiger partial charge in [0.15, 0.2) is 55.1 Å². The van der Waals surface area contributed by atoms with Crippen molar-refractivity contribution >= 4 is 53.7 Å². The Hall–Kier alpha value is -4.85. The molecule has 2 fully saturated rings. The first-order chi connectivity index (χ1) is 38.7. The molecule has 1 heterocycles. The molecular weight excluding hydrogens is 1050 g/mol. The summed E-state index contributed by atoms with van der Waals surface area (Å²) >= 11 is 0. The highest BCUT2D eigenvalue weighted by molar-refractivity contribution is 5.72. The zero-order valence-corrected chi connectivity index (χ0v) is 50.8. The predicted octanol–water partition coefficient (Wildman–Crippen LogP) is 11.1. The van der Waals surface area contributed by atoms with Gasteiger partial charge in [0.1, 0.15) is 18.8 Å². The van der Waals surface area contributed by atoms with Crippen LogP contribution in [0.3, 0.4) is 0 Å². The molecule has 20 heteroatoms. The summed E-state index contributed by atoms with van der Waals surface area (Å²) < 4.78 is 64.4. The van der Waals surface area contributed by atoms with E-state index in [4.69, 9.17) is 52.1 Å². The molecule has 0 bridgehead atoms. The Balaban J connectivity index is 2.46. The topological polar surface area (TPSA) is 255 Å². The minimum Gasteiger partial charge on any atom is -0.463 e. The number of carbonyl (C=O) groups is 9. The van der Waals surface area contributed by atoms with Crippen LogP contribution >= 0.6 is 0 Å². The third-order valence-corrected chi connectivity index (χ3v) is 14.5. The predicted molar refractivity (Wildman–Crippen MR) is 298 cm³/mol. The van der Waals surface area contributed by atoms with Gasteiger partial charge in [0.05, 0.1) is 0 Å². The van der Waals surface area contributed by atoms with Gasteiger partial charge in [0, 0.05) is 61.3 Å². The number of unbranched alkanes of at least 4 members (excludes halogenated alkanes) is 22. The van der Waals surface area contributed by atoms with E-state index in [1.807, 2.05) is 0 Å². The Kier molecular flexibility index (Phi) is 37.5. The van der Waals surface area contributed by atoms with Gasteiger partial charge in [0.25, 0.3) is 0 Å². The molecule has 0 N–H and O–H groups in total. The van der Waals surface area contributed by atoms with Crippen molar-refractivity contribution in [2.45, 2.75) is 323 Å². The van der Waals surface area contributed by atoms with E-state index in [1.165, 1.54) is 103 Å². The fourth-order valence-corrected chi connectivity index (χ4v) is 10.6. The molecular formula is C61H102O20.